The molecule has 40 heavy (non-hydrogen) atoms. The van der Waals surface area contributed by atoms with Crippen molar-refractivity contribution in [3.8, 4) is 11.5 Å². The van der Waals surface area contributed by atoms with Crippen LogP contribution in [0.15, 0.2) is 95.5 Å². The Morgan fingerprint density at radius 2 is 1.68 bits per heavy atom. The van der Waals surface area contributed by atoms with Crippen molar-refractivity contribution in [3.05, 3.63) is 107 Å². The second-order valence-electron chi connectivity index (χ2n) is 9.61. The van der Waals surface area contributed by atoms with Gasteiger partial charge in [-0.1, -0.05) is 86.1 Å². The van der Waals surface area contributed by atoms with Crippen molar-refractivity contribution < 1.29 is 19.1 Å². The Morgan fingerprint density at radius 3 is 2.45 bits per heavy atom. The number of rotatable bonds is 13. The van der Waals surface area contributed by atoms with Gasteiger partial charge >= 0.3 is 0 Å². The minimum Gasteiger partial charge on any atom is -0.497 e. The lowest BCUT2D eigenvalue weighted by Gasteiger charge is -2.31. The number of unbranched alkanes of at least 4 members (excludes halogenated alkanes) is 1. The van der Waals surface area contributed by atoms with Crippen LogP contribution in [0.5, 0.6) is 11.5 Å². The van der Waals surface area contributed by atoms with Crippen molar-refractivity contribution in [1.29, 1.82) is 0 Å². The fourth-order valence-corrected chi connectivity index (χ4v) is 5.18. The van der Waals surface area contributed by atoms with Crippen LogP contribution in [0.4, 0.5) is 0 Å². The summed E-state index contributed by atoms with van der Waals surface area (Å²) in [5.74, 6) is 0.795. The Labute approximate surface area is 244 Å². The Balaban J connectivity index is 1.63. The highest BCUT2D eigenvalue weighted by molar-refractivity contribution is 9.10. The topological polar surface area (TPSA) is 67.9 Å². The minimum absolute atomic E-state index is 0.180. The summed E-state index contributed by atoms with van der Waals surface area (Å²) in [5.41, 5.74) is 1.83. The summed E-state index contributed by atoms with van der Waals surface area (Å²) in [7, 11) is 1.61. The Kier molecular flexibility index (Phi) is 10.6. The Morgan fingerprint density at radius 1 is 0.925 bits per heavy atom. The first-order valence-corrected chi connectivity index (χ1v) is 14.3. The molecule has 0 aliphatic carbocycles. The zero-order chi connectivity index (χ0) is 28.3. The van der Waals surface area contributed by atoms with Crippen LogP contribution in [0.25, 0.3) is 10.8 Å². The molecule has 0 spiro atoms. The van der Waals surface area contributed by atoms with E-state index in [0.29, 0.717) is 24.5 Å². The fourth-order valence-electron chi connectivity index (χ4n) is 4.58. The third-order valence-electron chi connectivity index (χ3n) is 6.77. The molecule has 0 aromatic heterocycles. The van der Waals surface area contributed by atoms with E-state index in [1.807, 2.05) is 91.0 Å². The number of ether oxygens (including phenoxy) is 2. The first-order valence-electron chi connectivity index (χ1n) is 13.5. The van der Waals surface area contributed by atoms with Crippen LogP contribution in [0, 0.1) is 0 Å². The smallest absolute Gasteiger partial charge is 0.261 e. The lowest BCUT2D eigenvalue weighted by molar-refractivity contribution is -0.142. The molecule has 0 radical (unpaired) electrons. The van der Waals surface area contributed by atoms with E-state index in [1.54, 1.807) is 12.0 Å². The summed E-state index contributed by atoms with van der Waals surface area (Å²) in [6, 6.07) is 28.4. The molecule has 0 bridgehead atoms. The van der Waals surface area contributed by atoms with Gasteiger partial charge in [-0.25, -0.2) is 0 Å². The van der Waals surface area contributed by atoms with Crippen LogP contribution in [-0.2, 0) is 22.6 Å². The van der Waals surface area contributed by atoms with Crippen molar-refractivity contribution in [3.63, 3.8) is 0 Å². The molecule has 4 rings (SSSR count). The average Bonchev–Trinajstić information content (AvgIpc) is 2.99. The Bertz CT molecular complexity index is 1430. The predicted molar refractivity (Wildman–Crippen MR) is 163 cm³/mol. The monoisotopic (exact) mass is 602 g/mol. The molecule has 4 aromatic carbocycles. The molecule has 4 aromatic rings. The summed E-state index contributed by atoms with van der Waals surface area (Å²) in [6.45, 7) is 2.66. The number of carbonyl (C=O) groups is 2. The largest absolute Gasteiger partial charge is 0.497 e. The lowest BCUT2D eigenvalue weighted by atomic mass is 10.0. The molecule has 208 valence electrons. The fraction of sp³-hybridized carbons (Fsp3) is 0.273. The molecule has 1 N–H and O–H groups in total. The number of carbonyl (C=O) groups excluding carboxylic acids is 2. The SMILES string of the molecule is CCCCNC(=O)[C@H](Cc1ccccc1)N(Cc1cccc(OC)c1)C(=O)COc1ccc2ccccc2c1Br. The highest BCUT2D eigenvalue weighted by Gasteiger charge is 2.31. The van der Waals surface area contributed by atoms with E-state index in [-0.39, 0.29) is 25.0 Å². The number of methoxy groups -OCH3 is 1. The quantitative estimate of drug-likeness (QED) is 0.176. The molecule has 0 aliphatic rings. The predicted octanol–water partition coefficient (Wildman–Crippen LogP) is 6.55. The van der Waals surface area contributed by atoms with Crippen LogP contribution < -0.4 is 14.8 Å². The molecule has 1 atom stereocenters. The number of fused-ring (bicyclic) bond motifs is 1. The summed E-state index contributed by atoms with van der Waals surface area (Å²) >= 11 is 3.64. The maximum absolute atomic E-state index is 13.9. The van der Waals surface area contributed by atoms with Gasteiger partial charge in [0, 0.05) is 19.5 Å². The van der Waals surface area contributed by atoms with E-state index < -0.39 is 6.04 Å². The molecule has 2 amide bonds. The summed E-state index contributed by atoms with van der Waals surface area (Å²) in [4.78, 5) is 29.1. The normalized spacial score (nSPS) is 11.6. The van der Waals surface area contributed by atoms with E-state index >= 15 is 0 Å². The van der Waals surface area contributed by atoms with Crippen molar-refractivity contribution in [2.24, 2.45) is 0 Å². The molecule has 0 unspecified atom stereocenters. The number of hydrogen-bond donors (Lipinski definition) is 1. The number of hydrogen-bond acceptors (Lipinski definition) is 4. The molecular formula is C33H35BrN2O4. The van der Waals surface area contributed by atoms with Crippen molar-refractivity contribution in [1.82, 2.24) is 10.2 Å². The number of benzene rings is 4. The second kappa shape index (κ2) is 14.5. The molecule has 6 nitrogen and oxygen atoms in total. The highest BCUT2D eigenvalue weighted by atomic mass is 79.9. The molecule has 0 aliphatic heterocycles. The third-order valence-corrected chi connectivity index (χ3v) is 7.58. The third kappa shape index (κ3) is 7.63. The van der Waals surface area contributed by atoms with E-state index in [1.165, 1.54) is 0 Å². The van der Waals surface area contributed by atoms with Gasteiger partial charge < -0.3 is 19.7 Å². The zero-order valence-electron chi connectivity index (χ0n) is 22.9. The van der Waals surface area contributed by atoms with Gasteiger partial charge in [0.15, 0.2) is 6.61 Å². The van der Waals surface area contributed by atoms with E-state index in [9.17, 15) is 9.59 Å². The standard InChI is InChI=1S/C33H35BrN2O4/c1-3-4-19-35-33(38)29(21-24-11-6-5-7-12-24)36(22-25-13-10-15-27(20-25)39-2)31(37)23-40-30-18-17-26-14-8-9-16-28(26)32(30)34/h5-18,20,29H,3-4,19,21-23H2,1-2H3,(H,35,38)/t29-/m0/s1. The van der Waals surface area contributed by atoms with Crippen molar-refractivity contribution in [2.45, 2.75) is 38.8 Å². The van der Waals surface area contributed by atoms with Gasteiger partial charge in [-0.15, -0.1) is 0 Å². The number of nitrogens with one attached hydrogen (secondary N) is 1. The summed E-state index contributed by atoms with van der Waals surface area (Å²) < 4.78 is 12.2. The molecule has 0 saturated carbocycles. The van der Waals surface area contributed by atoms with Gasteiger partial charge in [0.2, 0.25) is 5.91 Å². The van der Waals surface area contributed by atoms with Gasteiger partial charge in [0.1, 0.15) is 17.5 Å². The van der Waals surface area contributed by atoms with Gasteiger partial charge in [-0.3, -0.25) is 9.59 Å². The van der Waals surface area contributed by atoms with Crippen LogP contribution in [-0.4, -0.2) is 43.0 Å². The van der Waals surface area contributed by atoms with Crippen LogP contribution in [0.2, 0.25) is 0 Å². The maximum Gasteiger partial charge on any atom is 0.261 e. The van der Waals surface area contributed by atoms with E-state index in [0.717, 1.165) is 39.2 Å². The number of halogens is 1. The molecule has 0 heterocycles. The van der Waals surface area contributed by atoms with Gasteiger partial charge in [0.25, 0.3) is 5.91 Å². The molecule has 0 saturated heterocycles. The van der Waals surface area contributed by atoms with Gasteiger partial charge in [0.05, 0.1) is 11.6 Å². The van der Waals surface area contributed by atoms with Crippen LogP contribution in [0.1, 0.15) is 30.9 Å². The van der Waals surface area contributed by atoms with Gasteiger partial charge in [-0.05, 0) is 62.4 Å². The van der Waals surface area contributed by atoms with Crippen molar-refractivity contribution in [2.75, 3.05) is 20.3 Å². The lowest BCUT2D eigenvalue weighted by Crippen LogP contribution is -2.51. The second-order valence-corrected chi connectivity index (χ2v) is 10.4. The van der Waals surface area contributed by atoms with Crippen molar-refractivity contribution >= 4 is 38.5 Å². The minimum atomic E-state index is -0.721. The average molecular weight is 604 g/mol. The molecule has 0 fully saturated rings. The molecular weight excluding hydrogens is 568 g/mol. The first-order chi connectivity index (χ1) is 19.5. The van der Waals surface area contributed by atoms with Crippen LogP contribution in [0.3, 0.4) is 0 Å². The zero-order valence-corrected chi connectivity index (χ0v) is 24.5. The van der Waals surface area contributed by atoms with Gasteiger partial charge in [-0.2, -0.15) is 0 Å². The maximum atomic E-state index is 13.9. The summed E-state index contributed by atoms with van der Waals surface area (Å²) in [6.07, 6.45) is 2.21. The molecule has 7 heteroatoms. The number of amides is 2. The summed E-state index contributed by atoms with van der Waals surface area (Å²) in [5, 5.41) is 5.11. The first kappa shape index (κ1) is 29.2. The number of nitrogens with zero attached hydrogens (tertiary/aromatic N) is 1. The van der Waals surface area contributed by atoms with Crippen LogP contribution >= 0.6 is 15.9 Å². The highest BCUT2D eigenvalue weighted by Crippen LogP contribution is 2.33. The van der Waals surface area contributed by atoms with E-state index in [4.69, 9.17) is 9.47 Å². The Hall–Kier alpha value is -3.84. The van der Waals surface area contributed by atoms with E-state index in [2.05, 4.69) is 28.2 Å².